The SMILES string of the molecule is Cl.Cn1c(N2CCC3(CCCC3N)CC2)ncc(Sc2ccnc3[nH]ccc23)c1=O. The van der Waals surface area contributed by atoms with E-state index >= 15 is 0 Å². The standard InChI is InChI=1S/C21H26N6OS.ClH/c1-26-19(28)16(29-15-5-10-24-18-14(15)4-9-23-18)13-25-20(26)27-11-7-21(8-12-27)6-2-3-17(21)22;/h4-5,9-10,13,17H,2-3,6-8,11-12,22H2,1H3,(H,23,24);1H. The number of anilines is 1. The number of hydrogen-bond donors (Lipinski definition) is 2. The van der Waals surface area contributed by atoms with E-state index in [1.54, 1.807) is 17.0 Å². The van der Waals surface area contributed by atoms with Crippen molar-refractivity contribution in [2.75, 3.05) is 18.0 Å². The van der Waals surface area contributed by atoms with Crippen molar-refractivity contribution in [2.24, 2.45) is 18.2 Å². The number of hydrogen-bond acceptors (Lipinski definition) is 6. The topological polar surface area (TPSA) is 92.8 Å². The number of piperidine rings is 1. The Bertz CT molecular complexity index is 1100. The van der Waals surface area contributed by atoms with Crippen LogP contribution in [0.3, 0.4) is 0 Å². The number of rotatable bonds is 3. The summed E-state index contributed by atoms with van der Waals surface area (Å²) in [5.41, 5.74) is 7.52. The fourth-order valence-corrected chi connectivity index (χ4v) is 5.93. The van der Waals surface area contributed by atoms with Gasteiger partial charge in [-0.15, -0.1) is 12.4 Å². The van der Waals surface area contributed by atoms with Gasteiger partial charge >= 0.3 is 0 Å². The molecule has 0 amide bonds. The van der Waals surface area contributed by atoms with Crippen LogP contribution in [-0.4, -0.2) is 38.7 Å². The molecule has 1 aliphatic carbocycles. The summed E-state index contributed by atoms with van der Waals surface area (Å²) in [4.78, 5) is 29.0. The summed E-state index contributed by atoms with van der Waals surface area (Å²) in [7, 11) is 1.82. The van der Waals surface area contributed by atoms with Crippen molar-refractivity contribution < 1.29 is 0 Å². The first kappa shape index (κ1) is 21.2. The highest BCUT2D eigenvalue weighted by Crippen LogP contribution is 2.45. The molecule has 160 valence electrons. The first-order valence-corrected chi connectivity index (χ1v) is 11.1. The van der Waals surface area contributed by atoms with E-state index in [4.69, 9.17) is 5.73 Å². The van der Waals surface area contributed by atoms with E-state index in [2.05, 4.69) is 19.9 Å². The van der Waals surface area contributed by atoms with Crippen LogP contribution in [0, 0.1) is 5.41 Å². The zero-order valence-electron chi connectivity index (χ0n) is 17.0. The molecule has 3 aromatic heterocycles. The Kier molecular flexibility index (Phi) is 5.83. The number of H-pyrrole nitrogens is 1. The van der Waals surface area contributed by atoms with Crippen LogP contribution >= 0.6 is 24.2 Å². The molecule has 1 aliphatic heterocycles. The van der Waals surface area contributed by atoms with Crippen LogP contribution in [-0.2, 0) is 7.05 Å². The number of nitrogens with one attached hydrogen (secondary N) is 1. The van der Waals surface area contributed by atoms with Crippen molar-refractivity contribution in [3.05, 3.63) is 41.1 Å². The lowest BCUT2D eigenvalue weighted by molar-refractivity contribution is 0.196. The molecule has 1 saturated heterocycles. The Labute approximate surface area is 185 Å². The second-order valence-electron chi connectivity index (χ2n) is 8.29. The molecule has 3 aromatic rings. The zero-order chi connectivity index (χ0) is 20.0. The van der Waals surface area contributed by atoms with Crippen molar-refractivity contribution in [3.63, 3.8) is 0 Å². The lowest BCUT2D eigenvalue weighted by Gasteiger charge is -2.42. The summed E-state index contributed by atoms with van der Waals surface area (Å²) in [5, 5.41) is 1.01. The van der Waals surface area contributed by atoms with Gasteiger partial charge in [-0.2, -0.15) is 0 Å². The van der Waals surface area contributed by atoms with Gasteiger partial charge in [-0.25, -0.2) is 9.97 Å². The smallest absolute Gasteiger partial charge is 0.268 e. The second kappa shape index (κ2) is 8.24. The Morgan fingerprint density at radius 3 is 2.73 bits per heavy atom. The molecule has 7 nitrogen and oxygen atoms in total. The molecule has 1 spiro atoms. The monoisotopic (exact) mass is 446 g/mol. The van der Waals surface area contributed by atoms with Gasteiger partial charge in [0.2, 0.25) is 5.95 Å². The average molecular weight is 447 g/mol. The Hall–Kier alpha value is -2.03. The minimum Gasteiger partial charge on any atom is -0.346 e. The van der Waals surface area contributed by atoms with E-state index in [9.17, 15) is 4.79 Å². The molecule has 0 bridgehead atoms. The molecule has 9 heteroatoms. The van der Waals surface area contributed by atoms with Crippen LogP contribution in [0.5, 0.6) is 0 Å². The normalized spacial score (nSPS) is 20.6. The third kappa shape index (κ3) is 3.50. The maximum Gasteiger partial charge on any atom is 0.268 e. The van der Waals surface area contributed by atoms with Crippen LogP contribution in [0.1, 0.15) is 32.1 Å². The predicted octanol–water partition coefficient (Wildman–Crippen LogP) is 3.33. The van der Waals surface area contributed by atoms with E-state index < -0.39 is 0 Å². The quantitative estimate of drug-likeness (QED) is 0.641. The van der Waals surface area contributed by atoms with Gasteiger partial charge < -0.3 is 15.6 Å². The average Bonchev–Trinajstić information content (AvgIpc) is 3.35. The van der Waals surface area contributed by atoms with Crippen LogP contribution in [0.25, 0.3) is 11.0 Å². The number of halogens is 1. The van der Waals surface area contributed by atoms with E-state index in [-0.39, 0.29) is 18.0 Å². The van der Waals surface area contributed by atoms with Gasteiger partial charge in [0.15, 0.2) is 0 Å². The Balaban J connectivity index is 0.00000218. The van der Waals surface area contributed by atoms with E-state index in [0.29, 0.717) is 16.4 Å². The fourth-order valence-electron chi connectivity index (χ4n) is 4.96. The third-order valence-electron chi connectivity index (χ3n) is 6.77. The van der Waals surface area contributed by atoms with Crippen LogP contribution in [0.4, 0.5) is 5.95 Å². The van der Waals surface area contributed by atoms with Crippen molar-refractivity contribution in [2.45, 2.75) is 47.9 Å². The Morgan fingerprint density at radius 2 is 2.00 bits per heavy atom. The van der Waals surface area contributed by atoms with Gasteiger partial charge in [0.05, 0.1) is 11.1 Å². The van der Waals surface area contributed by atoms with E-state index in [0.717, 1.165) is 54.2 Å². The summed E-state index contributed by atoms with van der Waals surface area (Å²) >= 11 is 1.44. The molecule has 2 fully saturated rings. The molecular formula is C21H27ClN6OS. The molecule has 5 rings (SSSR count). The summed E-state index contributed by atoms with van der Waals surface area (Å²) < 4.78 is 1.68. The molecule has 1 atom stereocenters. The molecular weight excluding hydrogens is 420 g/mol. The van der Waals surface area contributed by atoms with E-state index in [1.807, 2.05) is 25.4 Å². The molecule has 0 aromatic carbocycles. The van der Waals surface area contributed by atoms with Gasteiger partial charge in [-0.05, 0) is 43.2 Å². The molecule has 0 radical (unpaired) electrons. The highest BCUT2D eigenvalue weighted by Gasteiger charge is 2.43. The first-order chi connectivity index (χ1) is 14.1. The van der Waals surface area contributed by atoms with Gasteiger partial charge in [-0.3, -0.25) is 9.36 Å². The largest absolute Gasteiger partial charge is 0.346 e. The van der Waals surface area contributed by atoms with Crippen LogP contribution in [0.15, 0.2) is 45.3 Å². The lowest BCUT2D eigenvalue weighted by atomic mass is 9.74. The molecule has 30 heavy (non-hydrogen) atoms. The zero-order valence-corrected chi connectivity index (χ0v) is 18.6. The number of pyridine rings is 1. The maximum atomic E-state index is 13.0. The molecule has 1 unspecified atom stereocenters. The maximum absolute atomic E-state index is 13.0. The summed E-state index contributed by atoms with van der Waals surface area (Å²) in [6.07, 6.45) is 11.1. The highest BCUT2D eigenvalue weighted by molar-refractivity contribution is 7.99. The summed E-state index contributed by atoms with van der Waals surface area (Å²) in [5.74, 6) is 0.752. The predicted molar refractivity (Wildman–Crippen MR) is 123 cm³/mol. The Morgan fingerprint density at radius 1 is 1.20 bits per heavy atom. The fraction of sp³-hybridized carbons (Fsp3) is 0.476. The van der Waals surface area contributed by atoms with Crippen molar-refractivity contribution in [1.82, 2.24) is 19.5 Å². The highest BCUT2D eigenvalue weighted by atomic mass is 35.5. The van der Waals surface area contributed by atoms with Crippen molar-refractivity contribution in [3.8, 4) is 0 Å². The molecule has 3 N–H and O–H groups in total. The first-order valence-electron chi connectivity index (χ1n) is 10.2. The number of aromatic amines is 1. The molecule has 4 heterocycles. The summed E-state index contributed by atoms with van der Waals surface area (Å²) in [6.45, 7) is 1.82. The van der Waals surface area contributed by atoms with Gasteiger partial charge in [0.25, 0.3) is 5.56 Å². The van der Waals surface area contributed by atoms with Crippen molar-refractivity contribution in [1.29, 1.82) is 0 Å². The van der Waals surface area contributed by atoms with Crippen LogP contribution < -0.4 is 16.2 Å². The number of nitrogens with zero attached hydrogens (tertiary/aromatic N) is 4. The number of nitrogens with two attached hydrogens (primary N) is 1. The molecule has 2 aliphatic rings. The minimum atomic E-state index is -0.0154. The second-order valence-corrected chi connectivity index (χ2v) is 9.37. The third-order valence-corrected chi connectivity index (χ3v) is 7.85. The van der Waals surface area contributed by atoms with Crippen LogP contribution in [0.2, 0.25) is 0 Å². The summed E-state index contributed by atoms with van der Waals surface area (Å²) in [6, 6.07) is 4.24. The number of fused-ring (bicyclic) bond motifs is 1. The van der Waals surface area contributed by atoms with Gasteiger partial charge in [-0.1, -0.05) is 18.2 Å². The number of aromatic nitrogens is 4. The van der Waals surface area contributed by atoms with Crippen molar-refractivity contribution >= 4 is 41.2 Å². The lowest BCUT2D eigenvalue weighted by Crippen LogP contribution is -2.48. The van der Waals surface area contributed by atoms with Gasteiger partial charge in [0, 0.05) is 48.9 Å². The van der Waals surface area contributed by atoms with Gasteiger partial charge in [0.1, 0.15) is 5.65 Å². The minimum absolute atomic E-state index is 0. The molecule has 1 saturated carbocycles. The van der Waals surface area contributed by atoms with E-state index in [1.165, 1.54) is 24.6 Å².